The van der Waals surface area contributed by atoms with Crippen LogP contribution in [0.3, 0.4) is 0 Å². The molecule has 37 heavy (non-hydrogen) atoms. The molecule has 192 valence electrons. The quantitative estimate of drug-likeness (QED) is 0.450. The lowest BCUT2D eigenvalue weighted by Gasteiger charge is -2.43. The number of carbonyl (C=O) groups excluding carboxylic acids is 2. The van der Waals surface area contributed by atoms with Crippen LogP contribution in [-0.2, 0) is 28.0 Å². The fourth-order valence-electron chi connectivity index (χ4n) is 4.79. The van der Waals surface area contributed by atoms with E-state index in [9.17, 15) is 20.0 Å². The number of ether oxygens (including phenoxy) is 1. The predicted octanol–water partition coefficient (Wildman–Crippen LogP) is 2.92. The summed E-state index contributed by atoms with van der Waals surface area (Å²) in [4.78, 5) is 25.6. The standard InChI is InChI=1S/C27H28FN5O4/c1-37-25(35)14-22-21(26(30)36)16-33(31-22)27(9-11-29)10-12-32(17-24(27)28)15-18-7-8-20(23(34)13-18)19-5-3-2-4-6-19/h2-8,13,16,24,34H,9-10,12,14-15,17H2,1H3,(H2,30,36). The van der Waals surface area contributed by atoms with Gasteiger partial charge in [-0.15, -0.1) is 0 Å². The fraction of sp³-hybridized carbons (Fsp3) is 0.333. The van der Waals surface area contributed by atoms with Gasteiger partial charge in [0.1, 0.15) is 17.5 Å². The van der Waals surface area contributed by atoms with Gasteiger partial charge in [0, 0.05) is 31.4 Å². The molecular formula is C27H28FN5O4. The van der Waals surface area contributed by atoms with Crippen LogP contribution >= 0.6 is 0 Å². The van der Waals surface area contributed by atoms with Crippen molar-refractivity contribution < 1.29 is 23.8 Å². The number of aromatic nitrogens is 2. The van der Waals surface area contributed by atoms with Crippen molar-refractivity contribution in [2.45, 2.75) is 37.5 Å². The lowest BCUT2D eigenvalue weighted by Crippen LogP contribution is -2.54. The van der Waals surface area contributed by atoms with Gasteiger partial charge in [0.05, 0.1) is 37.3 Å². The lowest BCUT2D eigenvalue weighted by atomic mass is 9.83. The smallest absolute Gasteiger partial charge is 0.311 e. The van der Waals surface area contributed by atoms with Crippen LogP contribution in [0.2, 0.25) is 0 Å². The molecule has 3 N–H and O–H groups in total. The summed E-state index contributed by atoms with van der Waals surface area (Å²) in [5, 5.41) is 24.4. The average molecular weight is 506 g/mol. The summed E-state index contributed by atoms with van der Waals surface area (Å²) >= 11 is 0. The molecule has 1 fully saturated rings. The maximum atomic E-state index is 15.9. The number of aromatic hydroxyl groups is 1. The van der Waals surface area contributed by atoms with Crippen molar-refractivity contribution in [3.05, 3.63) is 71.5 Å². The molecule has 2 aromatic carbocycles. The van der Waals surface area contributed by atoms with E-state index in [4.69, 9.17) is 5.73 Å². The average Bonchev–Trinajstić information content (AvgIpc) is 3.31. The van der Waals surface area contributed by atoms with Crippen molar-refractivity contribution in [3.63, 3.8) is 0 Å². The summed E-state index contributed by atoms with van der Waals surface area (Å²) in [5.74, 6) is -1.27. The van der Waals surface area contributed by atoms with Crippen LogP contribution in [0, 0.1) is 11.3 Å². The van der Waals surface area contributed by atoms with Gasteiger partial charge in [-0.2, -0.15) is 10.4 Å². The maximum Gasteiger partial charge on any atom is 0.311 e. The zero-order valence-electron chi connectivity index (χ0n) is 20.4. The number of rotatable bonds is 8. The van der Waals surface area contributed by atoms with E-state index in [1.807, 2.05) is 47.4 Å². The number of benzene rings is 2. The van der Waals surface area contributed by atoms with E-state index < -0.39 is 23.6 Å². The van der Waals surface area contributed by atoms with Gasteiger partial charge in [0.25, 0.3) is 5.91 Å². The monoisotopic (exact) mass is 505 g/mol. The van der Waals surface area contributed by atoms with Gasteiger partial charge in [-0.25, -0.2) is 4.39 Å². The van der Waals surface area contributed by atoms with Crippen LogP contribution in [-0.4, -0.2) is 58.0 Å². The van der Waals surface area contributed by atoms with Crippen LogP contribution in [0.4, 0.5) is 4.39 Å². The molecule has 0 saturated carbocycles. The van der Waals surface area contributed by atoms with Crippen molar-refractivity contribution in [2.24, 2.45) is 5.73 Å². The highest BCUT2D eigenvalue weighted by molar-refractivity contribution is 5.94. The molecule has 4 rings (SSSR count). The van der Waals surface area contributed by atoms with Gasteiger partial charge in [-0.05, 0) is 23.6 Å². The number of amides is 1. The first kappa shape index (κ1) is 25.9. The number of phenolic OH excluding ortho intramolecular Hbond substituents is 1. The van der Waals surface area contributed by atoms with E-state index in [1.165, 1.54) is 18.0 Å². The third-order valence-electron chi connectivity index (χ3n) is 6.85. The topological polar surface area (TPSA) is 134 Å². The molecule has 2 atom stereocenters. The highest BCUT2D eigenvalue weighted by Gasteiger charge is 2.46. The number of carbonyl (C=O) groups is 2. The number of hydrogen-bond acceptors (Lipinski definition) is 7. The zero-order valence-corrected chi connectivity index (χ0v) is 20.4. The predicted molar refractivity (Wildman–Crippen MR) is 133 cm³/mol. The second kappa shape index (κ2) is 10.8. The molecule has 10 heteroatoms. The summed E-state index contributed by atoms with van der Waals surface area (Å²) in [6.07, 6.45) is -0.402. The van der Waals surface area contributed by atoms with Crippen LogP contribution in [0.5, 0.6) is 5.75 Å². The summed E-state index contributed by atoms with van der Waals surface area (Å²) in [5.41, 5.74) is 6.66. The number of halogens is 1. The Labute approximate surface area is 213 Å². The van der Waals surface area contributed by atoms with Crippen molar-refractivity contribution in [3.8, 4) is 22.9 Å². The number of nitriles is 1. The highest BCUT2D eigenvalue weighted by atomic mass is 19.1. The minimum absolute atomic E-state index is 0.00803. The van der Waals surface area contributed by atoms with Crippen LogP contribution in [0.1, 0.15) is 34.5 Å². The van der Waals surface area contributed by atoms with E-state index in [0.717, 1.165) is 11.1 Å². The Morgan fingerprint density at radius 3 is 2.68 bits per heavy atom. The number of alkyl halides is 1. The summed E-state index contributed by atoms with van der Waals surface area (Å²) in [7, 11) is 1.21. The lowest BCUT2D eigenvalue weighted by molar-refractivity contribution is -0.139. The number of nitrogens with zero attached hydrogens (tertiary/aromatic N) is 4. The highest BCUT2D eigenvalue weighted by Crippen LogP contribution is 2.37. The van der Waals surface area contributed by atoms with Crippen molar-refractivity contribution in [2.75, 3.05) is 20.2 Å². The third-order valence-corrected chi connectivity index (χ3v) is 6.85. The Hall–Kier alpha value is -4.23. The van der Waals surface area contributed by atoms with E-state index >= 15 is 4.39 Å². The number of hydrogen-bond donors (Lipinski definition) is 2. The van der Waals surface area contributed by atoms with E-state index in [2.05, 4.69) is 15.9 Å². The number of primary amides is 1. The molecule has 1 aliphatic heterocycles. The maximum absolute atomic E-state index is 15.9. The number of nitrogens with two attached hydrogens (primary N) is 1. The fourth-order valence-corrected chi connectivity index (χ4v) is 4.79. The van der Waals surface area contributed by atoms with Gasteiger partial charge in [-0.1, -0.05) is 42.5 Å². The Kier molecular flexibility index (Phi) is 7.55. The SMILES string of the molecule is COC(=O)Cc1nn(C2(CC#N)CCN(Cc3ccc(-c4ccccc4)c(O)c3)CC2F)cc1C(N)=O. The molecule has 1 amide bonds. The van der Waals surface area contributed by atoms with Crippen molar-refractivity contribution in [1.82, 2.24) is 14.7 Å². The summed E-state index contributed by atoms with van der Waals surface area (Å²) in [6.45, 7) is 0.868. The van der Waals surface area contributed by atoms with Crippen LogP contribution < -0.4 is 5.73 Å². The Bertz CT molecular complexity index is 1340. The molecule has 1 saturated heterocycles. The van der Waals surface area contributed by atoms with Crippen LogP contribution in [0.25, 0.3) is 11.1 Å². The summed E-state index contributed by atoms with van der Waals surface area (Å²) in [6, 6.07) is 17.0. The molecule has 2 heterocycles. The van der Waals surface area contributed by atoms with Crippen molar-refractivity contribution >= 4 is 11.9 Å². The Balaban J connectivity index is 1.54. The van der Waals surface area contributed by atoms with Gasteiger partial charge >= 0.3 is 5.97 Å². The molecule has 2 unspecified atom stereocenters. The molecule has 3 aromatic rings. The first-order valence-electron chi connectivity index (χ1n) is 11.8. The normalized spacial score (nSPS) is 19.8. The first-order valence-corrected chi connectivity index (χ1v) is 11.8. The van der Waals surface area contributed by atoms with Gasteiger partial charge < -0.3 is 15.6 Å². The minimum atomic E-state index is -1.50. The second-order valence-electron chi connectivity index (χ2n) is 9.16. The number of phenols is 1. The van der Waals surface area contributed by atoms with Gasteiger partial charge in [0.2, 0.25) is 0 Å². The van der Waals surface area contributed by atoms with Crippen LogP contribution in [0.15, 0.2) is 54.7 Å². The van der Waals surface area contributed by atoms with Crippen molar-refractivity contribution in [1.29, 1.82) is 5.26 Å². The van der Waals surface area contributed by atoms with E-state index in [0.29, 0.717) is 18.7 Å². The summed E-state index contributed by atoms with van der Waals surface area (Å²) < 4.78 is 21.8. The zero-order chi connectivity index (χ0) is 26.6. The molecule has 0 spiro atoms. The van der Waals surface area contributed by atoms with Gasteiger partial charge in [-0.3, -0.25) is 19.2 Å². The molecule has 1 aromatic heterocycles. The second-order valence-corrected chi connectivity index (χ2v) is 9.16. The molecule has 1 aliphatic rings. The van der Waals surface area contributed by atoms with Gasteiger partial charge in [0.15, 0.2) is 0 Å². The third kappa shape index (κ3) is 5.32. The Morgan fingerprint density at radius 2 is 2.05 bits per heavy atom. The molecule has 0 radical (unpaired) electrons. The molecule has 9 nitrogen and oxygen atoms in total. The molecule has 0 bridgehead atoms. The molecular weight excluding hydrogens is 477 g/mol. The van der Waals surface area contributed by atoms with E-state index in [1.54, 1.807) is 6.07 Å². The Morgan fingerprint density at radius 1 is 1.30 bits per heavy atom. The van der Waals surface area contributed by atoms with E-state index in [-0.39, 0.29) is 42.8 Å². The number of piperidine rings is 1. The largest absolute Gasteiger partial charge is 0.507 e. The number of methoxy groups -OCH3 is 1. The number of likely N-dealkylation sites (tertiary alicyclic amines) is 1. The first-order chi connectivity index (χ1) is 17.8. The minimum Gasteiger partial charge on any atom is -0.507 e. The number of esters is 1. The molecule has 0 aliphatic carbocycles.